The van der Waals surface area contributed by atoms with Crippen LogP contribution in [0.15, 0.2) is 47.7 Å². The molecule has 0 aliphatic heterocycles. The number of rotatable bonds is 6. The van der Waals surface area contributed by atoms with Crippen molar-refractivity contribution in [3.63, 3.8) is 0 Å². The molecule has 1 aliphatic rings. The van der Waals surface area contributed by atoms with Gasteiger partial charge in [0.25, 0.3) is 0 Å². The first-order valence-corrected chi connectivity index (χ1v) is 10.6. The third kappa shape index (κ3) is 4.24. The van der Waals surface area contributed by atoms with E-state index in [4.69, 9.17) is 0 Å². The Labute approximate surface area is 181 Å². The van der Waals surface area contributed by atoms with Gasteiger partial charge in [-0.25, -0.2) is 13.8 Å². The molecule has 1 aromatic carbocycles. The standard InChI is InChI=1S/C25H28F2N4/c1-5-19(14-28-4)20-10-16(2)23(17(3)11-20)30-24-21-7-9-31(22(21)6-8-29-24)15-18-12-25(26,27)13-18/h5-11,14,18H,12-13,15H2,1-4H3,(H,29,30)/b19-5+,28-14?. The fraction of sp³-hybridized carbons (Fsp3) is 0.360. The van der Waals surface area contributed by atoms with Gasteiger partial charge in [0, 0.05) is 56.1 Å². The first-order chi connectivity index (χ1) is 14.8. The first-order valence-electron chi connectivity index (χ1n) is 10.6. The van der Waals surface area contributed by atoms with Crippen molar-refractivity contribution in [1.29, 1.82) is 0 Å². The Morgan fingerprint density at radius 3 is 2.58 bits per heavy atom. The summed E-state index contributed by atoms with van der Waals surface area (Å²) in [5, 5.41) is 4.50. The lowest BCUT2D eigenvalue weighted by Crippen LogP contribution is -2.37. The second kappa shape index (κ2) is 8.25. The molecule has 4 rings (SSSR count). The fourth-order valence-corrected chi connectivity index (χ4v) is 4.47. The molecule has 1 N–H and O–H groups in total. The SMILES string of the molecule is C/C=C(\C=NC)c1cc(C)c(Nc2nccc3c2ccn3CC2CC(F)(F)C2)c(C)c1. The largest absolute Gasteiger partial charge is 0.347 e. The second-order valence-electron chi connectivity index (χ2n) is 8.43. The number of nitrogens with one attached hydrogen (secondary N) is 1. The number of allylic oxidation sites excluding steroid dienone is 2. The third-order valence-corrected chi connectivity index (χ3v) is 6.02. The average Bonchev–Trinajstić information content (AvgIpc) is 3.11. The molecule has 4 nitrogen and oxygen atoms in total. The highest BCUT2D eigenvalue weighted by Gasteiger charge is 2.45. The van der Waals surface area contributed by atoms with Crippen molar-refractivity contribution >= 4 is 34.2 Å². The Bertz CT molecular complexity index is 1140. The van der Waals surface area contributed by atoms with E-state index in [-0.39, 0.29) is 18.8 Å². The molecule has 2 aromatic heterocycles. The van der Waals surface area contributed by atoms with Crippen LogP contribution in [0.1, 0.15) is 36.5 Å². The summed E-state index contributed by atoms with van der Waals surface area (Å²) in [5.41, 5.74) is 6.49. The van der Waals surface area contributed by atoms with Gasteiger partial charge in [-0.15, -0.1) is 0 Å². The molecule has 2 heterocycles. The Morgan fingerprint density at radius 2 is 1.97 bits per heavy atom. The smallest absolute Gasteiger partial charge is 0.248 e. The first kappa shape index (κ1) is 21.2. The van der Waals surface area contributed by atoms with E-state index in [2.05, 4.69) is 51.9 Å². The van der Waals surface area contributed by atoms with E-state index >= 15 is 0 Å². The Balaban J connectivity index is 1.62. The van der Waals surface area contributed by atoms with Crippen molar-refractivity contribution in [2.45, 2.75) is 46.1 Å². The molecule has 31 heavy (non-hydrogen) atoms. The molecule has 6 heteroatoms. The molecule has 3 aromatic rings. The van der Waals surface area contributed by atoms with Crippen LogP contribution in [-0.2, 0) is 6.54 Å². The van der Waals surface area contributed by atoms with Gasteiger partial charge < -0.3 is 9.88 Å². The number of hydrogen-bond donors (Lipinski definition) is 1. The van der Waals surface area contributed by atoms with E-state index in [0.29, 0.717) is 6.54 Å². The maximum absolute atomic E-state index is 13.2. The number of alkyl halides is 2. The van der Waals surface area contributed by atoms with E-state index < -0.39 is 5.92 Å². The number of aryl methyl sites for hydroxylation is 2. The van der Waals surface area contributed by atoms with Gasteiger partial charge in [-0.05, 0) is 73.2 Å². The van der Waals surface area contributed by atoms with Gasteiger partial charge in [0.15, 0.2) is 0 Å². The van der Waals surface area contributed by atoms with E-state index in [1.54, 1.807) is 13.2 Å². The van der Waals surface area contributed by atoms with Crippen molar-refractivity contribution in [1.82, 2.24) is 9.55 Å². The van der Waals surface area contributed by atoms with Crippen LogP contribution in [0, 0.1) is 19.8 Å². The van der Waals surface area contributed by atoms with Gasteiger partial charge in [0.1, 0.15) is 5.82 Å². The molecule has 0 radical (unpaired) electrons. The Hall–Kier alpha value is -3.02. The number of pyridine rings is 1. The molecule has 1 saturated carbocycles. The summed E-state index contributed by atoms with van der Waals surface area (Å²) in [6, 6.07) is 8.25. The van der Waals surface area contributed by atoms with Gasteiger partial charge in [0.2, 0.25) is 5.92 Å². The summed E-state index contributed by atoms with van der Waals surface area (Å²) >= 11 is 0. The lowest BCUT2D eigenvalue weighted by molar-refractivity contribution is -0.113. The van der Waals surface area contributed by atoms with Gasteiger partial charge in [-0.1, -0.05) is 6.08 Å². The molecule has 0 amide bonds. The predicted octanol–water partition coefficient (Wildman–Crippen LogP) is 6.55. The Morgan fingerprint density at radius 1 is 1.26 bits per heavy atom. The van der Waals surface area contributed by atoms with Crippen LogP contribution in [0.3, 0.4) is 0 Å². The van der Waals surface area contributed by atoms with Gasteiger partial charge in [0.05, 0.1) is 5.52 Å². The van der Waals surface area contributed by atoms with Crippen LogP contribution in [0.4, 0.5) is 20.3 Å². The number of benzene rings is 1. The lowest BCUT2D eigenvalue weighted by Gasteiger charge is -2.35. The molecule has 0 saturated heterocycles. The number of hydrogen-bond acceptors (Lipinski definition) is 3. The molecular weight excluding hydrogens is 394 g/mol. The molecule has 0 bridgehead atoms. The van der Waals surface area contributed by atoms with E-state index in [1.807, 2.05) is 31.5 Å². The molecule has 1 aliphatic carbocycles. The second-order valence-corrected chi connectivity index (χ2v) is 8.43. The topological polar surface area (TPSA) is 42.2 Å². The molecule has 0 atom stereocenters. The van der Waals surface area contributed by atoms with E-state index in [1.165, 1.54) is 0 Å². The van der Waals surface area contributed by atoms with Gasteiger partial charge in [-0.2, -0.15) is 0 Å². The fourth-order valence-electron chi connectivity index (χ4n) is 4.47. The minimum absolute atomic E-state index is 0.0233. The molecule has 0 spiro atoms. The van der Waals surface area contributed by atoms with Crippen molar-refractivity contribution in [3.05, 3.63) is 59.4 Å². The average molecular weight is 423 g/mol. The predicted molar refractivity (Wildman–Crippen MR) is 125 cm³/mol. The van der Waals surface area contributed by atoms with Crippen LogP contribution in [0.5, 0.6) is 0 Å². The van der Waals surface area contributed by atoms with Crippen molar-refractivity contribution in [3.8, 4) is 0 Å². The van der Waals surface area contributed by atoms with Crippen molar-refractivity contribution in [2.24, 2.45) is 10.9 Å². The number of aliphatic imine (C=N–C) groups is 1. The highest BCUT2D eigenvalue weighted by molar-refractivity contribution is 6.10. The van der Waals surface area contributed by atoms with E-state index in [0.717, 1.165) is 44.7 Å². The van der Waals surface area contributed by atoms with Crippen LogP contribution in [0.2, 0.25) is 0 Å². The maximum atomic E-state index is 13.2. The summed E-state index contributed by atoms with van der Waals surface area (Å²) in [6.45, 7) is 6.78. The molecular formula is C25H28F2N4. The Kier molecular flexibility index (Phi) is 5.65. The van der Waals surface area contributed by atoms with Crippen molar-refractivity contribution < 1.29 is 8.78 Å². The van der Waals surface area contributed by atoms with Crippen LogP contribution in [0.25, 0.3) is 16.5 Å². The zero-order valence-electron chi connectivity index (χ0n) is 18.4. The van der Waals surface area contributed by atoms with E-state index in [9.17, 15) is 8.78 Å². The number of aromatic nitrogens is 2. The van der Waals surface area contributed by atoms with Gasteiger partial charge >= 0.3 is 0 Å². The summed E-state index contributed by atoms with van der Waals surface area (Å²) in [6.07, 6.45) is 7.61. The maximum Gasteiger partial charge on any atom is 0.248 e. The number of nitrogens with zero attached hydrogens (tertiary/aromatic N) is 3. The monoisotopic (exact) mass is 422 g/mol. The minimum atomic E-state index is -2.49. The molecule has 1 fully saturated rings. The van der Waals surface area contributed by atoms with Crippen molar-refractivity contribution in [2.75, 3.05) is 12.4 Å². The summed E-state index contributed by atoms with van der Waals surface area (Å²) < 4.78 is 28.5. The highest BCUT2D eigenvalue weighted by Crippen LogP contribution is 2.43. The highest BCUT2D eigenvalue weighted by atomic mass is 19.3. The zero-order chi connectivity index (χ0) is 22.2. The summed E-state index contributed by atoms with van der Waals surface area (Å²) in [7, 11) is 1.77. The molecule has 0 unspecified atom stereocenters. The number of fused-ring (bicyclic) bond motifs is 1. The number of halogens is 2. The minimum Gasteiger partial charge on any atom is -0.347 e. The zero-order valence-corrected chi connectivity index (χ0v) is 18.4. The third-order valence-electron chi connectivity index (χ3n) is 6.02. The lowest BCUT2D eigenvalue weighted by atomic mass is 9.81. The van der Waals surface area contributed by atoms with Crippen LogP contribution in [-0.4, -0.2) is 28.7 Å². The molecule has 162 valence electrons. The normalized spacial score (nSPS) is 16.8. The summed E-state index contributed by atoms with van der Waals surface area (Å²) in [5.74, 6) is -1.69. The van der Waals surface area contributed by atoms with Crippen LogP contribution >= 0.6 is 0 Å². The summed E-state index contributed by atoms with van der Waals surface area (Å²) in [4.78, 5) is 8.71. The van der Waals surface area contributed by atoms with Crippen LogP contribution < -0.4 is 5.32 Å². The number of anilines is 2. The quantitative estimate of drug-likeness (QED) is 0.458. The van der Waals surface area contributed by atoms with Gasteiger partial charge in [-0.3, -0.25) is 4.99 Å².